The molecule has 0 radical (unpaired) electrons. The van der Waals surface area contributed by atoms with Gasteiger partial charge in [0.2, 0.25) is 5.91 Å². The third kappa shape index (κ3) is 4.29. The molecule has 0 unspecified atom stereocenters. The number of benzene rings is 2. The maximum Gasteiger partial charge on any atom is 0.251 e. The number of aromatic nitrogens is 1. The lowest BCUT2D eigenvalue weighted by molar-refractivity contribution is -0.116. The topological polar surface area (TPSA) is 73.6 Å². The minimum absolute atomic E-state index is 0.0960. The van der Waals surface area contributed by atoms with Crippen LogP contribution in [-0.2, 0) is 11.2 Å². The van der Waals surface area contributed by atoms with E-state index in [0.29, 0.717) is 29.5 Å². The van der Waals surface area contributed by atoms with E-state index in [1.54, 1.807) is 6.20 Å². The van der Waals surface area contributed by atoms with Crippen molar-refractivity contribution in [1.82, 2.24) is 4.98 Å². The van der Waals surface area contributed by atoms with Crippen LogP contribution in [0.1, 0.15) is 50.0 Å². The van der Waals surface area contributed by atoms with E-state index in [1.807, 2.05) is 49.4 Å². The summed E-state index contributed by atoms with van der Waals surface area (Å²) < 4.78 is 18.0. The average molecular weight is 418 g/mol. The quantitative estimate of drug-likeness (QED) is 0.579. The molecular formula is C25H26N2O4. The summed E-state index contributed by atoms with van der Waals surface area (Å²) in [5.74, 6) is 2.11. The number of nitrogens with one attached hydrogen (secondary N) is 1. The lowest BCUT2D eigenvalue weighted by Gasteiger charge is -2.31. The molecule has 160 valence electrons. The highest BCUT2D eigenvalue weighted by atomic mass is 16.7. The van der Waals surface area contributed by atoms with E-state index in [-0.39, 0.29) is 12.3 Å². The Hall–Kier alpha value is -3.28. The van der Waals surface area contributed by atoms with Crippen LogP contribution < -0.4 is 14.8 Å². The third-order valence-corrected chi connectivity index (χ3v) is 5.89. The monoisotopic (exact) mass is 418 g/mol. The van der Waals surface area contributed by atoms with Crippen LogP contribution in [-0.4, -0.2) is 16.7 Å². The minimum atomic E-state index is -0.511. The number of amides is 1. The van der Waals surface area contributed by atoms with Gasteiger partial charge < -0.3 is 19.2 Å². The maximum absolute atomic E-state index is 12.4. The molecule has 2 aromatic carbocycles. The first-order valence-electron chi connectivity index (χ1n) is 10.9. The molecule has 1 aliphatic heterocycles. The zero-order valence-electron chi connectivity index (χ0n) is 17.6. The van der Waals surface area contributed by atoms with Crippen molar-refractivity contribution < 1.29 is 18.7 Å². The number of carbonyl (C=O) groups is 1. The molecule has 1 aliphatic carbocycles. The molecule has 0 saturated heterocycles. The lowest BCUT2D eigenvalue weighted by atomic mass is 9.94. The second kappa shape index (κ2) is 8.10. The molecule has 1 N–H and O–H groups in total. The predicted octanol–water partition coefficient (Wildman–Crippen LogP) is 5.65. The highest BCUT2D eigenvalue weighted by Gasteiger charge is 2.42. The molecule has 6 nitrogen and oxygen atoms in total. The van der Waals surface area contributed by atoms with Crippen molar-refractivity contribution in [3.8, 4) is 22.8 Å². The van der Waals surface area contributed by atoms with Gasteiger partial charge in [-0.3, -0.25) is 4.79 Å². The van der Waals surface area contributed by atoms with Gasteiger partial charge in [0.05, 0.1) is 6.20 Å². The molecule has 3 aromatic rings. The summed E-state index contributed by atoms with van der Waals surface area (Å²) in [6, 6.07) is 13.6. The summed E-state index contributed by atoms with van der Waals surface area (Å²) in [6.07, 6.45) is 7.69. The van der Waals surface area contributed by atoms with Crippen molar-refractivity contribution in [2.24, 2.45) is 0 Å². The number of oxazole rings is 1. The predicted molar refractivity (Wildman–Crippen MR) is 117 cm³/mol. The van der Waals surface area contributed by atoms with E-state index in [2.05, 4.69) is 10.3 Å². The van der Waals surface area contributed by atoms with E-state index in [1.165, 1.54) is 12.0 Å². The van der Waals surface area contributed by atoms with Crippen molar-refractivity contribution in [2.45, 2.75) is 57.7 Å². The SMILES string of the molecule is Cc1ccc(-c2cnc(CCC(=O)Nc3ccc4c(c3)OC3(CCCCC3)O4)o2)cc1. The van der Waals surface area contributed by atoms with Crippen LogP contribution in [0, 0.1) is 6.92 Å². The number of anilines is 1. The zero-order chi connectivity index (χ0) is 21.3. The number of nitrogens with zero attached hydrogens (tertiary/aromatic N) is 1. The summed E-state index contributed by atoms with van der Waals surface area (Å²) in [6.45, 7) is 2.04. The number of rotatable bonds is 5. The Morgan fingerprint density at radius 1 is 1.03 bits per heavy atom. The van der Waals surface area contributed by atoms with Crippen LogP contribution in [0.3, 0.4) is 0 Å². The van der Waals surface area contributed by atoms with Crippen LogP contribution in [0.4, 0.5) is 5.69 Å². The van der Waals surface area contributed by atoms with Gasteiger partial charge in [-0.25, -0.2) is 4.98 Å². The van der Waals surface area contributed by atoms with Gasteiger partial charge >= 0.3 is 0 Å². The number of hydrogen-bond donors (Lipinski definition) is 1. The molecule has 2 aliphatic rings. The number of fused-ring (bicyclic) bond motifs is 1. The molecule has 1 aromatic heterocycles. The summed E-state index contributed by atoms with van der Waals surface area (Å²) in [7, 11) is 0. The summed E-state index contributed by atoms with van der Waals surface area (Å²) >= 11 is 0. The molecule has 0 bridgehead atoms. The Bertz CT molecular complexity index is 1080. The second-order valence-electron chi connectivity index (χ2n) is 8.37. The molecule has 6 heteroatoms. The second-order valence-corrected chi connectivity index (χ2v) is 8.37. The van der Waals surface area contributed by atoms with Crippen molar-refractivity contribution >= 4 is 11.6 Å². The van der Waals surface area contributed by atoms with Crippen LogP contribution >= 0.6 is 0 Å². The number of hydrogen-bond acceptors (Lipinski definition) is 5. The van der Waals surface area contributed by atoms with Crippen molar-refractivity contribution in [3.05, 3.63) is 60.1 Å². The molecule has 31 heavy (non-hydrogen) atoms. The molecule has 5 rings (SSSR count). The Balaban J connectivity index is 1.17. The fraction of sp³-hybridized carbons (Fsp3) is 0.360. The largest absolute Gasteiger partial charge is 0.448 e. The number of ether oxygens (including phenoxy) is 2. The molecular weight excluding hydrogens is 392 g/mol. The van der Waals surface area contributed by atoms with Gasteiger partial charge in [-0.05, 0) is 31.9 Å². The van der Waals surface area contributed by atoms with E-state index >= 15 is 0 Å². The van der Waals surface area contributed by atoms with Crippen LogP contribution in [0.15, 0.2) is 53.1 Å². The van der Waals surface area contributed by atoms with Crippen LogP contribution in [0.25, 0.3) is 11.3 Å². The lowest BCUT2D eigenvalue weighted by Crippen LogP contribution is -2.40. The summed E-state index contributed by atoms with van der Waals surface area (Å²) in [4.78, 5) is 16.7. The number of carbonyl (C=O) groups excluding carboxylic acids is 1. The van der Waals surface area contributed by atoms with Crippen molar-refractivity contribution in [2.75, 3.05) is 5.32 Å². The Kier molecular flexibility index (Phi) is 5.14. The molecule has 1 spiro atoms. The van der Waals surface area contributed by atoms with Crippen molar-refractivity contribution in [1.29, 1.82) is 0 Å². The standard InChI is InChI=1S/C25H26N2O4/c1-17-5-7-18(8-6-17)22-16-26-24(29-22)12-11-23(28)27-19-9-10-20-21(15-19)31-25(30-20)13-3-2-4-14-25/h5-10,15-16H,2-4,11-14H2,1H3,(H,27,28). The van der Waals surface area contributed by atoms with E-state index in [9.17, 15) is 4.79 Å². The maximum atomic E-state index is 12.4. The van der Waals surface area contributed by atoms with Gasteiger partial charge in [0.15, 0.2) is 23.1 Å². The minimum Gasteiger partial charge on any atom is -0.448 e. The third-order valence-electron chi connectivity index (χ3n) is 5.89. The van der Waals surface area contributed by atoms with E-state index in [0.717, 1.165) is 37.0 Å². The summed E-state index contributed by atoms with van der Waals surface area (Å²) in [5, 5.41) is 2.93. The molecule has 0 atom stereocenters. The number of aryl methyl sites for hydroxylation is 2. The Morgan fingerprint density at radius 2 is 1.81 bits per heavy atom. The molecule has 2 heterocycles. The first-order chi connectivity index (χ1) is 15.1. The smallest absolute Gasteiger partial charge is 0.251 e. The van der Waals surface area contributed by atoms with Gasteiger partial charge in [0.25, 0.3) is 5.79 Å². The van der Waals surface area contributed by atoms with Gasteiger partial charge in [0, 0.05) is 43.0 Å². The molecule has 1 amide bonds. The first kappa shape index (κ1) is 19.7. The van der Waals surface area contributed by atoms with Gasteiger partial charge in [-0.1, -0.05) is 36.2 Å². The Morgan fingerprint density at radius 3 is 2.61 bits per heavy atom. The van der Waals surface area contributed by atoms with E-state index in [4.69, 9.17) is 13.9 Å². The van der Waals surface area contributed by atoms with Gasteiger partial charge in [-0.2, -0.15) is 0 Å². The first-order valence-corrected chi connectivity index (χ1v) is 10.9. The zero-order valence-corrected chi connectivity index (χ0v) is 17.6. The fourth-order valence-electron chi connectivity index (χ4n) is 4.19. The molecule has 1 fully saturated rings. The fourth-order valence-corrected chi connectivity index (χ4v) is 4.19. The van der Waals surface area contributed by atoms with Gasteiger partial charge in [-0.15, -0.1) is 0 Å². The van der Waals surface area contributed by atoms with Crippen LogP contribution in [0.5, 0.6) is 11.5 Å². The Labute approximate surface area is 181 Å². The van der Waals surface area contributed by atoms with E-state index < -0.39 is 5.79 Å². The van der Waals surface area contributed by atoms with Crippen molar-refractivity contribution in [3.63, 3.8) is 0 Å². The van der Waals surface area contributed by atoms with Crippen LogP contribution in [0.2, 0.25) is 0 Å². The molecule has 1 saturated carbocycles. The normalized spacial score (nSPS) is 16.4. The van der Waals surface area contributed by atoms with Gasteiger partial charge in [0.1, 0.15) is 0 Å². The summed E-state index contributed by atoms with van der Waals surface area (Å²) in [5.41, 5.74) is 2.87. The highest BCUT2D eigenvalue weighted by molar-refractivity contribution is 5.91. The highest BCUT2D eigenvalue weighted by Crippen LogP contribution is 2.46. The average Bonchev–Trinajstić information content (AvgIpc) is 3.37.